The smallest absolute Gasteiger partial charge is 0.252 e. The van der Waals surface area contributed by atoms with Gasteiger partial charge in [0.2, 0.25) is 5.95 Å². The average Bonchev–Trinajstić information content (AvgIpc) is 3.59. The lowest BCUT2D eigenvalue weighted by Gasteiger charge is -2.15. The largest absolute Gasteiger partial charge is 0.384 e. The molecule has 10 nitrogen and oxygen atoms in total. The number of imidazole rings is 1. The summed E-state index contributed by atoms with van der Waals surface area (Å²) >= 11 is 12.6. The zero-order chi connectivity index (χ0) is 25.0. The standard InChI is InChI=1S/C23H16Cl2FN9O/c24-12-1-4-16(34-10-28-32-33-34)15(9-12)11-7-13-2-5-17(35(13)19(36)8-11)23-30-20(21(25)31-23)14-3-6-18(27)29-22(14)26/h1,3-4,6-10,17H,2,5H2,(H2,27,29)(H,30,31)/t17-/m0/s1. The van der Waals surface area contributed by atoms with Gasteiger partial charge in [-0.25, -0.2) is 9.97 Å². The van der Waals surface area contributed by atoms with Crippen molar-refractivity contribution < 1.29 is 4.39 Å². The zero-order valence-corrected chi connectivity index (χ0v) is 19.9. The predicted octanol–water partition coefficient (Wildman–Crippen LogP) is 3.84. The van der Waals surface area contributed by atoms with Crippen molar-refractivity contribution in [2.45, 2.75) is 18.9 Å². The molecule has 0 fully saturated rings. The van der Waals surface area contributed by atoms with E-state index in [1.54, 1.807) is 22.8 Å². The molecule has 0 unspecified atom stereocenters. The van der Waals surface area contributed by atoms with Gasteiger partial charge in [0.25, 0.3) is 5.56 Å². The van der Waals surface area contributed by atoms with Crippen molar-refractivity contribution in [3.8, 4) is 28.1 Å². The molecule has 180 valence electrons. The molecule has 1 atom stereocenters. The summed E-state index contributed by atoms with van der Waals surface area (Å²) in [5.74, 6) is -0.250. The van der Waals surface area contributed by atoms with E-state index in [-0.39, 0.29) is 27.8 Å². The summed E-state index contributed by atoms with van der Waals surface area (Å²) in [6, 6.07) is 11.3. The van der Waals surface area contributed by atoms with E-state index in [9.17, 15) is 9.18 Å². The van der Waals surface area contributed by atoms with Gasteiger partial charge in [-0.15, -0.1) is 5.10 Å². The summed E-state index contributed by atoms with van der Waals surface area (Å²) in [6.45, 7) is 0. The van der Waals surface area contributed by atoms with Crippen LogP contribution >= 0.6 is 23.2 Å². The van der Waals surface area contributed by atoms with Crippen molar-refractivity contribution in [3.05, 3.63) is 86.8 Å². The minimum atomic E-state index is -0.763. The minimum absolute atomic E-state index is 0.0575. The van der Waals surface area contributed by atoms with Crippen LogP contribution in [0.5, 0.6) is 0 Å². The van der Waals surface area contributed by atoms with E-state index in [4.69, 9.17) is 28.9 Å². The Morgan fingerprint density at radius 1 is 1.08 bits per heavy atom. The van der Waals surface area contributed by atoms with Crippen molar-refractivity contribution in [3.63, 3.8) is 0 Å². The van der Waals surface area contributed by atoms with Crippen LogP contribution in [0, 0.1) is 5.95 Å². The third kappa shape index (κ3) is 3.73. The van der Waals surface area contributed by atoms with E-state index in [1.165, 1.54) is 29.2 Å². The fourth-order valence-corrected chi connectivity index (χ4v) is 4.97. The Labute approximate surface area is 212 Å². The second kappa shape index (κ2) is 8.54. The van der Waals surface area contributed by atoms with Gasteiger partial charge in [-0.3, -0.25) is 4.79 Å². The number of fused-ring (bicyclic) bond motifs is 1. The number of anilines is 1. The molecule has 0 saturated heterocycles. The molecule has 0 bridgehead atoms. The molecule has 4 aromatic heterocycles. The Bertz CT molecular complexity index is 1680. The number of nitrogens with one attached hydrogen (secondary N) is 1. The highest BCUT2D eigenvalue weighted by molar-refractivity contribution is 6.32. The Morgan fingerprint density at radius 3 is 2.72 bits per heavy atom. The topological polar surface area (TPSA) is 133 Å². The van der Waals surface area contributed by atoms with Gasteiger partial charge in [0.15, 0.2) is 5.15 Å². The van der Waals surface area contributed by atoms with Gasteiger partial charge in [0.05, 0.1) is 23.0 Å². The Hall–Kier alpha value is -4.09. The van der Waals surface area contributed by atoms with Gasteiger partial charge >= 0.3 is 0 Å². The number of H-pyrrole nitrogens is 1. The summed E-state index contributed by atoms with van der Waals surface area (Å²) in [7, 11) is 0. The van der Waals surface area contributed by atoms with E-state index in [2.05, 4.69) is 30.5 Å². The molecule has 5 aromatic rings. The van der Waals surface area contributed by atoms with Crippen molar-refractivity contribution in [1.82, 2.24) is 39.7 Å². The molecule has 1 aromatic carbocycles. The Kier molecular flexibility index (Phi) is 5.31. The highest BCUT2D eigenvalue weighted by atomic mass is 35.5. The van der Waals surface area contributed by atoms with Crippen LogP contribution in [0.3, 0.4) is 0 Å². The van der Waals surface area contributed by atoms with Crippen LogP contribution < -0.4 is 11.3 Å². The lowest BCUT2D eigenvalue weighted by Crippen LogP contribution is -2.24. The Balaban J connectivity index is 1.41. The first kappa shape index (κ1) is 22.4. The number of aromatic amines is 1. The predicted molar refractivity (Wildman–Crippen MR) is 132 cm³/mol. The normalized spacial score (nSPS) is 14.8. The summed E-state index contributed by atoms with van der Waals surface area (Å²) < 4.78 is 17.6. The lowest BCUT2D eigenvalue weighted by molar-refractivity contribution is 0.571. The van der Waals surface area contributed by atoms with Crippen LogP contribution in [0.15, 0.2) is 53.6 Å². The number of nitrogens with zero attached hydrogens (tertiary/aromatic N) is 7. The quantitative estimate of drug-likeness (QED) is 0.342. The molecule has 36 heavy (non-hydrogen) atoms. The molecule has 1 aliphatic heterocycles. The number of halogens is 3. The van der Waals surface area contributed by atoms with Gasteiger partial charge < -0.3 is 15.3 Å². The molecule has 5 heterocycles. The molecular weight excluding hydrogens is 508 g/mol. The second-order valence-electron chi connectivity index (χ2n) is 8.28. The molecule has 3 N–H and O–H groups in total. The number of pyridine rings is 2. The molecule has 0 radical (unpaired) electrons. The number of hydrogen-bond acceptors (Lipinski definition) is 7. The van der Waals surface area contributed by atoms with E-state index in [1.807, 2.05) is 6.07 Å². The van der Waals surface area contributed by atoms with Crippen LogP contribution in [0.1, 0.15) is 24.0 Å². The highest BCUT2D eigenvalue weighted by Gasteiger charge is 2.29. The van der Waals surface area contributed by atoms with Gasteiger partial charge in [-0.05, 0) is 65.2 Å². The number of aryl methyl sites for hydroxylation is 1. The van der Waals surface area contributed by atoms with Gasteiger partial charge in [-0.2, -0.15) is 9.07 Å². The lowest BCUT2D eigenvalue weighted by atomic mass is 10.0. The maximum Gasteiger partial charge on any atom is 0.252 e. The first-order valence-electron chi connectivity index (χ1n) is 10.9. The average molecular weight is 524 g/mol. The summed E-state index contributed by atoms with van der Waals surface area (Å²) in [5, 5.41) is 11.9. The van der Waals surface area contributed by atoms with Crippen molar-refractivity contribution in [2.75, 3.05) is 5.73 Å². The number of nitrogens with two attached hydrogens (primary N) is 1. The minimum Gasteiger partial charge on any atom is -0.384 e. The number of benzene rings is 1. The van der Waals surface area contributed by atoms with E-state index in [0.29, 0.717) is 40.5 Å². The number of rotatable bonds is 4. The van der Waals surface area contributed by atoms with Crippen LogP contribution in [0.4, 0.5) is 10.2 Å². The number of hydrogen-bond donors (Lipinski definition) is 2. The summed E-state index contributed by atoms with van der Waals surface area (Å²) in [4.78, 5) is 24.5. The maximum atomic E-state index is 14.4. The molecule has 0 aliphatic carbocycles. The third-order valence-electron chi connectivity index (χ3n) is 6.13. The summed E-state index contributed by atoms with van der Waals surface area (Å²) in [6.07, 6.45) is 2.71. The van der Waals surface area contributed by atoms with E-state index >= 15 is 0 Å². The fourth-order valence-electron chi connectivity index (χ4n) is 4.56. The SMILES string of the molecule is Nc1ccc(-c2[nH]c([C@@H]3CCc4cc(-c5cc(Cl)ccc5-n5cnnn5)cc(=O)n43)nc2Cl)c(F)n1. The first-order valence-corrected chi connectivity index (χ1v) is 11.6. The molecule has 1 aliphatic rings. The Morgan fingerprint density at radius 2 is 1.94 bits per heavy atom. The molecule has 13 heteroatoms. The molecular formula is C23H16Cl2FN9O. The molecule has 6 rings (SSSR count). The number of tetrazole rings is 1. The maximum absolute atomic E-state index is 14.4. The van der Waals surface area contributed by atoms with Gasteiger partial charge in [-0.1, -0.05) is 23.2 Å². The van der Waals surface area contributed by atoms with Crippen LogP contribution in [0.25, 0.3) is 28.1 Å². The molecule has 0 spiro atoms. The first-order chi connectivity index (χ1) is 17.4. The van der Waals surface area contributed by atoms with Crippen LogP contribution in [-0.2, 0) is 6.42 Å². The van der Waals surface area contributed by atoms with E-state index < -0.39 is 12.0 Å². The van der Waals surface area contributed by atoms with E-state index in [0.717, 1.165) is 5.69 Å². The van der Waals surface area contributed by atoms with Gasteiger partial charge in [0, 0.05) is 22.3 Å². The molecule has 0 saturated carbocycles. The highest BCUT2D eigenvalue weighted by Crippen LogP contribution is 2.36. The summed E-state index contributed by atoms with van der Waals surface area (Å²) in [5.41, 5.74) is 8.66. The van der Waals surface area contributed by atoms with Crippen LogP contribution in [-0.4, -0.2) is 39.7 Å². The van der Waals surface area contributed by atoms with Crippen molar-refractivity contribution in [2.24, 2.45) is 0 Å². The third-order valence-corrected chi connectivity index (χ3v) is 6.64. The van der Waals surface area contributed by atoms with Gasteiger partial charge in [0.1, 0.15) is 18.0 Å². The fraction of sp³-hybridized carbons (Fsp3) is 0.130. The van der Waals surface area contributed by atoms with Crippen molar-refractivity contribution >= 4 is 29.0 Å². The van der Waals surface area contributed by atoms with Crippen LogP contribution in [0.2, 0.25) is 10.2 Å². The second-order valence-corrected chi connectivity index (χ2v) is 9.07. The number of aromatic nitrogens is 8. The van der Waals surface area contributed by atoms with Crippen molar-refractivity contribution in [1.29, 1.82) is 0 Å². The number of nitrogen functional groups attached to an aromatic ring is 1. The monoisotopic (exact) mass is 523 g/mol. The molecule has 0 amide bonds. The zero-order valence-electron chi connectivity index (χ0n) is 18.4.